The number of rotatable bonds is 8. The number of aliphatic hydroxyl groups excluding tert-OH is 1. The van der Waals surface area contributed by atoms with Crippen molar-refractivity contribution in [3.05, 3.63) is 65.1 Å². The van der Waals surface area contributed by atoms with Crippen molar-refractivity contribution in [1.29, 1.82) is 0 Å². The fourth-order valence-electron chi connectivity index (χ4n) is 4.64. The molecule has 0 bridgehead atoms. The lowest BCUT2D eigenvalue weighted by molar-refractivity contribution is 0.152. The second-order valence-corrected chi connectivity index (χ2v) is 8.65. The zero-order chi connectivity index (χ0) is 20.9. The van der Waals surface area contributed by atoms with Crippen molar-refractivity contribution in [3.63, 3.8) is 0 Å². The summed E-state index contributed by atoms with van der Waals surface area (Å²) >= 11 is 0. The molecule has 1 saturated heterocycles. The van der Waals surface area contributed by atoms with Gasteiger partial charge in [0.2, 0.25) is 0 Å². The molecule has 5 heteroatoms. The molecule has 5 nitrogen and oxygen atoms in total. The van der Waals surface area contributed by atoms with Crippen LogP contribution >= 0.6 is 0 Å². The third kappa shape index (κ3) is 4.75. The Kier molecular flexibility index (Phi) is 6.82. The Morgan fingerprint density at radius 3 is 2.73 bits per heavy atom. The molecule has 1 unspecified atom stereocenters. The van der Waals surface area contributed by atoms with Gasteiger partial charge in [-0.05, 0) is 67.5 Å². The van der Waals surface area contributed by atoms with E-state index in [9.17, 15) is 5.11 Å². The highest BCUT2D eigenvalue weighted by Gasteiger charge is 2.23. The van der Waals surface area contributed by atoms with Gasteiger partial charge in [0, 0.05) is 50.2 Å². The molecule has 1 atom stereocenters. The lowest BCUT2D eigenvalue weighted by atomic mass is 9.90. The predicted molar refractivity (Wildman–Crippen MR) is 122 cm³/mol. The van der Waals surface area contributed by atoms with Gasteiger partial charge in [-0.15, -0.1) is 0 Å². The maximum absolute atomic E-state index is 9.52. The molecule has 2 fully saturated rings. The Hall–Kier alpha value is -2.21. The van der Waals surface area contributed by atoms with Crippen LogP contribution in [0.25, 0.3) is 11.1 Å². The second kappa shape index (κ2) is 9.73. The zero-order valence-electron chi connectivity index (χ0n) is 18.1. The first kappa shape index (κ1) is 21.0. The molecule has 2 aliphatic rings. The van der Waals surface area contributed by atoms with E-state index in [1.807, 2.05) is 6.20 Å². The molecule has 3 N–H and O–H groups in total. The number of pyridine rings is 1. The largest absolute Gasteiger partial charge is 0.395 e. The van der Waals surface area contributed by atoms with Crippen molar-refractivity contribution in [2.24, 2.45) is 5.73 Å². The summed E-state index contributed by atoms with van der Waals surface area (Å²) in [6, 6.07) is 13.3. The van der Waals surface area contributed by atoms with E-state index in [0.29, 0.717) is 6.54 Å². The molecule has 1 aromatic heterocycles. The normalized spacial score (nSPS) is 19.0. The predicted octanol–water partition coefficient (Wildman–Crippen LogP) is 3.53. The summed E-state index contributed by atoms with van der Waals surface area (Å²) < 4.78 is 0. The Balaban J connectivity index is 1.43. The lowest BCUT2D eigenvalue weighted by Crippen LogP contribution is -2.31. The second-order valence-electron chi connectivity index (χ2n) is 8.65. The van der Waals surface area contributed by atoms with Crippen molar-refractivity contribution in [1.82, 2.24) is 14.8 Å². The molecular formula is C25H34N4O. The standard InChI is InChI=1S/C25H34N4O/c1-28(25(14-26)20-6-3-7-20)16-19-5-2-8-21(13-19)22-10-11-23(27-15-22)17-29-12-4-9-24(29)18-30/h2,5,8,10-11,13,15,24,30H,3-4,6-7,9,12,14,16-18,26H2,1H3. The molecule has 0 spiro atoms. The van der Waals surface area contributed by atoms with Crippen LogP contribution in [0.15, 0.2) is 53.9 Å². The van der Waals surface area contributed by atoms with Crippen LogP contribution in [0.5, 0.6) is 0 Å². The molecule has 1 aliphatic carbocycles. The van der Waals surface area contributed by atoms with Gasteiger partial charge in [-0.2, -0.15) is 0 Å². The Morgan fingerprint density at radius 1 is 1.20 bits per heavy atom. The number of aliphatic hydroxyl groups is 1. The van der Waals surface area contributed by atoms with Gasteiger partial charge < -0.3 is 15.7 Å². The number of nitrogens with zero attached hydrogens (tertiary/aromatic N) is 3. The van der Waals surface area contributed by atoms with Gasteiger partial charge in [0.05, 0.1) is 12.3 Å². The van der Waals surface area contributed by atoms with Crippen LogP contribution in [0, 0.1) is 0 Å². The van der Waals surface area contributed by atoms with E-state index in [-0.39, 0.29) is 12.6 Å². The van der Waals surface area contributed by atoms with Crippen molar-refractivity contribution in [3.8, 4) is 11.1 Å². The molecule has 4 rings (SSSR count). The number of benzene rings is 1. The van der Waals surface area contributed by atoms with E-state index in [1.54, 1.807) is 0 Å². The molecular weight excluding hydrogens is 372 g/mol. The highest BCUT2D eigenvalue weighted by molar-refractivity contribution is 5.63. The van der Waals surface area contributed by atoms with Crippen LogP contribution in [0.4, 0.5) is 0 Å². The Labute approximate surface area is 180 Å². The molecule has 0 amide bonds. The Bertz CT molecular complexity index is 871. The third-order valence-corrected chi connectivity index (χ3v) is 6.60. The average Bonchev–Trinajstić information content (AvgIpc) is 3.18. The topological polar surface area (TPSA) is 65.6 Å². The number of nitrogens with two attached hydrogens (primary N) is 1. The third-order valence-electron chi connectivity index (χ3n) is 6.60. The van der Waals surface area contributed by atoms with Crippen molar-refractivity contribution >= 4 is 0 Å². The van der Waals surface area contributed by atoms with Gasteiger partial charge in [-0.3, -0.25) is 9.88 Å². The first-order valence-electron chi connectivity index (χ1n) is 11.2. The van der Waals surface area contributed by atoms with Crippen molar-refractivity contribution < 1.29 is 5.11 Å². The fourth-order valence-corrected chi connectivity index (χ4v) is 4.64. The van der Waals surface area contributed by atoms with Crippen LogP contribution in [-0.4, -0.2) is 52.7 Å². The summed E-state index contributed by atoms with van der Waals surface area (Å²) in [5, 5.41) is 9.52. The van der Waals surface area contributed by atoms with Gasteiger partial charge in [-0.1, -0.05) is 24.3 Å². The maximum Gasteiger partial charge on any atom is 0.0587 e. The summed E-state index contributed by atoms with van der Waals surface area (Å²) in [7, 11) is 2.15. The summed E-state index contributed by atoms with van der Waals surface area (Å²) in [6.07, 6.45) is 7.91. The number of aromatic nitrogens is 1. The van der Waals surface area contributed by atoms with Crippen LogP contribution in [0.1, 0.15) is 43.4 Å². The minimum absolute atomic E-state index is 0.238. The first-order chi connectivity index (χ1) is 14.7. The van der Waals surface area contributed by atoms with Gasteiger partial charge in [-0.25, -0.2) is 0 Å². The molecule has 30 heavy (non-hydrogen) atoms. The fraction of sp³-hybridized carbons (Fsp3) is 0.480. The molecule has 1 aliphatic heterocycles. The van der Waals surface area contributed by atoms with Crippen LogP contribution in [-0.2, 0) is 13.1 Å². The van der Waals surface area contributed by atoms with E-state index in [1.165, 1.54) is 41.7 Å². The number of likely N-dealkylation sites (N-methyl/N-ethyl adjacent to an activating group) is 1. The highest BCUT2D eigenvalue weighted by atomic mass is 16.3. The van der Waals surface area contributed by atoms with Crippen LogP contribution < -0.4 is 5.73 Å². The number of hydrogen-bond acceptors (Lipinski definition) is 5. The lowest BCUT2D eigenvalue weighted by Gasteiger charge is -2.29. The van der Waals surface area contributed by atoms with Crippen LogP contribution in [0.3, 0.4) is 0 Å². The smallest absolute Gasteiger partial charge is 0.0587 e. The highest BCUT2D eigenvalue weighted by Crippen LogP contribution is 2.30. The zero-order valence-corrected chi connectivity index (χ0v) is 18.1. The van der Waals surface area contributed by atoms with Gasteiger partial charge in [0.1, 0.15) is 0 Å². The summed E-state index contributed by atoms with van der Waals surface area (Å²) in [5.74, 6) is 0. The summed E-state index contributed by atoms with van der Waals surface area (Å²) in [4.78, 5) is 9.35. The van der Waals surface area contributed by atoms with E-state index in [0.717, 1.165) is 43.7 Å². The number of allylic oxidation sites excluding steroid dienone is 1. The van der Waals surface area contributed by atoms with E-state index in [4.69, 9.17) is 10.7 Å². The molecule has 0 radical (unpaired) electrons. The molecule has 2 aromatic rings. The van der Waals surface area contributed by atoms with Crippen molar-refractivity contribution in [2.45, 2.75) is 51.2 Å². The monoisotopic (exact) mass is 406 g/mol. The average molecular weight is 407 g/mol. The minimum atomic E-state index is 0.238. The number of likely N-dealkylation sites (tertiary alicyclic amines) is 1. The summed E-state index contributed by atoms with van der Waals surface area (Å²) in [5.41, 5.74) is 13.5. The Morgan fingerprint density at radius 2 is 2.07 bits per heavy atom. The first-order valence-corrected chi connectivity index (χ1v) is 11.2. The van der Waals surface area contributed by atoms with E-state index >= 15 is 0 Å². The quantitative estimate of drug-likeness (QED) is 0.702. The van der Waals surface area contributed by atoms with Crippen LogP contribution in [0.2, 0.25) is 0 Å². The molecule has 2 heterocycles. The van der Waals surface area contributed by atoms with Gasteiger partial charge in [0.15, 0.2) is 0 Å². The minimum Gasteiger partial charge on any atom is -0.395 e. The SMILES string of the molecule is CN(Cc1cccc(-c2ccc(CN3CCCC3CO)nc2)c1)C(CN)=C1CCC1. The summed E-state index contributed by atoms with van der Waals surface area (Å²) in [6.45, 7) is 3.58. The van der Waals surface area contributed by atoms with E-state index < -0.39 is 0 Å². The maximum atomic E-state index is 9.52. The van der Waals surface area contributed by atoms with Gasteiger partial charge >= 0.3 is 0 Å². The van der Waals surface area contributed by atoms with Gasteiger partial charge in [0.25, 0.3) is 0 Å². The molecule has 1 aromatic carbocycles. The van der Waals surface area contributed by atoms with Crippen molar-refractivity contribution in [2.75, 3.05) is 26.7 Å². The molecule has 160 valence electrons. The number of hydrogen-bond donors (Lipinski definition) is 2. The van der Waals surface area contributed by atoms with E-state index in [2.05, 4.69) is 53.2 Å². The molecule has 1 saturated carbocycles.